The van der Waals surface area contributed by atoms with Crippen LogP contribution in [0.1, 0.15) is 13.3 Å². The molecule has 1 atom stereocenters. The number of nitrogens with zero attached hydrogens (tertiary/aromatic N) is 1. The molecule has 78 valence electrons. The van der Waals surface area contributed by atoms with Gasteiger partial charge in [0.15, 0.2) is 5.12 Å². The summed E-state index contributed by atoms with van der Waals surface area (Å²) in [6.07, 6.45) is 2.31. The maximum Gasteiger partial charge on any atom is 0.223 e. The van der Waals surface area contributed by atoms with E-state index in [0.717, 1.165) is 12.3 Å². The summed E-state index contributed by atoms with van der Waals surface area (Å²) in [6.45, 7) is 6.56. The van der Waals surface area contributed by atoms with E-state index in [4.69, 9.17) is 0 Å². The Morgan fingerprint density at radius 2 is 2.50 bits per heavy atom. The van der Waals surface area contributed by atoms with Crippen LogP contribution in [-0.2, 0) is 9.59 Å². The molecule has 1 amide bonds. The molecule has 14 heavy (non-hydrogen) atoms. The Morgan fingerprint density at radius 1 is 1.79 bits per heavy atom. The third kappa shape index (κ3) is 3.18. The standard InChI is InChI=1S/C10H15NO2S/c1-3-4-11-6-9(5-10(11)13)7-14-8(2)12/h3,9H,1,4-7H2,2H3. The fourth-order valence-corrected chi connectivity index (χ4v) is 2.23. The Bertz CT molecular complexity index is 253. The smallest absolute Gasteiger partial charge is 0.223 e. The van der Waals surface area contributed by atoms with Gasteiger partial charge in [-0.05, 0) is 5.92 Å². The summed E-state index contributed by atoms with van der Waals surface area (Å²) >= 11 is 1.31. The van der Waals surface area contributed by atoms with Crippen molar-refractivity contribution in [2.24, 2.45) is 5.92 Å². The maximum atomic E-state index is 11.4. The van der Waals surface area contributed by atoms with E-state index in [1.165, 1.54) is 11.8 Å². The van der Waals surface area contributed by atoms with Gasteiger partial charge in [-0.2, -0.15) is 0 Å². The first-order chi connectivity index (χ1) is 6.63. The molecule has 0 spiro atoms. The molecule has 4 heteroatoms. The van der Waals surface area contributed by atoms with Crippen molar-refractivity contribution in [3.05, 3.63) is 12.7 Å². The minimum absolute atomic E-state index is 0.125. The number of rotatable bonds is 4. The largest absolute Gasteiger partial charge is 0.339 e. The fourth-order valence-electron chi connectivity index (χ4n) is 1.53. The zero-order chi connectivity index (χ0) is 10.6. The molecule has 0 bridgehead atoms. The van der Waals surface area contributed by atoms with Crippen molar-refractivity contribution >= 4 is 22.8 Å². The van der Waals surface area contributed by atoms with Crippen LogP contribution in [0.15, 0.2) is 12.7 Å². The first kappa shape index (κ1) is 11.3. The molecular weight excluding hydrogens is 198 g/mol. The van der Waals surface area contributed by atoms with Crippen molar-refractivity contribution in [2.45, 2.75) is 13.3 Å². The lowest BCUT2D eigenvalue weighted by Crippen LogP contribution is -2.25. The Morgan fingerprint density at radius 3 is 3.07 bits per heavy atom. The van der Waals surface area contributed by atoms with Gasteiger partial charge in [0.25, 0.3) is 0 Å². The van der Waals surface area contributed by atoms with Crippen LogP contribution in [0.5, 0.6) is 0 Å². The molecule has 1 heterocycles. The topological polar surface area (TPSA) is 37.4 Å². The van der Waals surface area contributed by atoms with Gasteiger partial charge in [0, 0.05) is 32.2 Å². The van der Waals surface area contributed by atoms with E-state index in [-0.39, 0.29) is 11.0 Å². The number of likely N-dealkylation sites (tertiary alicyclic amines) is 1. The molecule has 0 saturated carbocycles. The first-order valence-corrected chi connectivity index (χ1v) is 5.64. The molecule has 0 radical (unpaired) electrons. The highest BCUT2D eigenvalue weighted by Gasteiger charge is 2.28. The summed E-state index contributed by atoms with van der Waals surface area (Å²) in [5.41, 5.74) is 0. The van der Waals surface area contributed by atoms with Gasteiger partial charge in [0.05, 0.1) is 0 Å². The van der Waals surface area contributed by atoms with Gasteiger partial charge < -0.3 is 4.90 Å². The Hall–Kier alpha value is -0.770. The number of carbonyl (C=O) groups excluding carboxylic acids is 2. The zero-order valence-electron chi connectivity index (χ0n) is 8.36. The van der Waals surface area contributed by atoms with Crippen LogP contribution in [-0.4, -0.2) is 34.8 Å². The molecule has 1 saturated heterocycles. The predicted molar refractivity (Wildman–Crippen MR) is 58.0 cm³/mol. The van der Waals surface area contributed by atoms with Gasteiger partial charge in [-0.3, -0.25) is 9.59 Å². The van der Waals surface area contributed by atoms with E-state index in [0.29, 0.717) is 18.9 Å². The van der Waals surface area contributed by atoms with E-state index in [1.54, 1.807) is 17.9 Å². The monoisotopic (exact) mass is 213 g/mol. The van der Waals surface area contributed by atoms with Crippen LogP contribution >= 0.6 is 11.8 Å². The maximum absolute atomic E-state index is 11.4. The second kappa shape index (κ2) is 5.20. The van der Waals surface area contributed by atoms with E-state index in [1.807, 2.05) is 0 Å². The van der Waals surface area contributed by atoms with Gasteiger partial charge in [0.1, 0.15) is 0 Å². The van der Waals surface area contributed by atoms with E-state index >= 15 is 0 Å². The second-order valence-corrected chi connectivity index (χ2v) is 4.66. The van der Waals surface area contributed by atoms with Gasteiger partial charge in [-0.1, -0.05) is 17.8 Å². The van der Waals surface area contributed by atoms with E-state index < -0.39 is 0 Å². The third-order valence-corrected chi connectivity index (χ3v) is 3.21. The van der Waals surface area contributed by atoms with Crippen LogP contribution in [0.4, 0.5) is 0 Å². The molecular formula is C10H15NO2S. The van der Waals surface area contributed by atoms with Crippen LogP contribution < -0.4 is 0 Å². The minimum Gasteiger partial charge on any atom is -0.339 e. The van der Waals surface area contributed by atoms with Crippen molar-refractivity contribution in [1.82, 2.24) is 4.90 Å². The average Bonchev–Trinajstić information content (AvgIpc) is 2.45. The third-order valence-electron chi connectivity index (χ3n) is 2.17. The lowest BCUT2D eigenvalue weighted by molar-refractivity contribution is -0.127. The van der Waals surface area contributed by atoms with Crippen molar-refractivity contribution in [2.75, 3.05) is 18.8 Å². The SMILES string of the molecule is C=CCN1CC(CSC(C)=O)CC1=O. The Labute approximate surface area is 88.5 Å². The van der Waals surface area contributed by atoms with E-state index in [2.05, 4.69) is 6.58 Å². The molecule has 1 fully saturated rings. The quantitative estimate of drug-likeness (QED) is 0.661. The summed E-state index contributed by atoms with van der Waals surface area (Å²) in [4.78, 5) is 23.9. The van der Waals surface area contributed by atoms with Gasteiger partial charge in [-0.15, -0.1) is 6.58 Å². The van der Waals surface area contributed by atoms with Gasteiger partial charge >= 0.3 is 0 Å². The van der Waals surface area contributed by atoms with Crippen LogP contribution in [0.2, 0.25) is 0 Å². The van der Waals surface area contributed by atoms with Crippen molar-refractivity contribution in [3.8, 4) is 0 Å². The lowest BCUT2D eigenvalue weighted by Gasteiger charge is -2.13. The van der Waals surface area contributed by atoms with Gasteiger partial charge in [0.2, 0.25) is 5.91 Å². The van der Waals surface area contributed by atoms with Crippen LogP contribution in [0, 0.1) is 5.92 Å². The summed E-state index contributed by atoms with van der Waals surface area (Å²) < 4.78 is 0. The Kier molecular flexibility index (Phi) is 4.20. The second-order valence-electron chi connectivity index (χ2n) is 3.46. The summed E-state index contributed by atoms with van der Waals surface area (Å²) in [5.74, 6) is 1.27. The van der Waals surface area contributed by atoms with Crippen molar-refractivity contribution < 1.29 is 9.59 Å². The first-order valence-electron chi connectivity index (χ1n) is 4.65. The normalized spacial score (nSPS) is 21.4. The molecule has 1 aliphatic heterocycles. The molecule has 0 aliphatic carbocycles. The fraction of sp³-hybridized carbons (Fsp3) is 0.600. The predicted octanol–water partition coefficient (Wildman–Crippen LogP) is 1.30. The van der Waals surface area contributed by atoms with Crippen molar-refractivity contribution in [1.29, 1.82) is 0 Å². The van der Waals surface area contributed by atoms with Crippen LogP contribution in [0.25, 0.3) is 0 Å². The molecule has 1 rings (SSSR count). The zero-order valence-corrected chi connectivity index (χ0v) is 9.18. The molecule has 1 unspecified atom stereocenters. The number of thioether (sulfide) groups is 1. The van der Waals surface area contributed by atoms with Gasteiger partial charge in [-0.25, -0.2) is 0 Å². The highest BCUT2D eigenvalue weighted by atomic mass is 32.2. The number of hydrogen-bond acceptors (Lipinski definition) is 3. The summed E-state index contributed by atoms with van der Waals surface area (Å²) in [5, 5.41) is 0.125. The minimum atomic E-state index is 0.125. The highest BCUT2D eigenvalue weighted by Crippen LogP contribution is 2.21. The highest BCUT2D eigenvalue weighted by molar-refractivity contribution is 8.13. The molecule has 0 aromatic carbocycles. The Balaban J connectivity index is 2.34. The van der Waals surface area contributed by atoms with Crippen molar-refractivity contribution in [3.63, 3.8) is 0 Å². The molecule has 0 aromatic rings. The number of carbonyl (C=O) groups is 2. The summed E-state index contributed by atoms with van der Waals surface area (Å²) in [7, 11) is 0. The number of amides is 1. The average molecular weight is 213 g/mol. The molecule has 0 aromatic heterocycles. The molecule has 0 N–H and O–H groups in total. The van der Waals surface area contributed by atoms with E-state index in [9.17, 15) is 9.59 Å². The van der Waals surface area contributed by atoms with Crippen LogP contribution in [0.3, 0.4) is 0 Å². The lowest BCUT2D eigenvalue weighted by atomic mass is 10.1. The number of hydrogen-bond donors (Lipinski definition) is 0. The molecule has 3 nitrogen and oxygen atoms in total. The summed E-state index contributed by atoms with van der Waals surface area (Å²) in [6, 6.07) is 0. The molecule has 1 aliphatic rings.